The maximum absolute atomic E-state index is 11.6. The number of H-pyrrole nitrogens is 1. The van der Waals surface area contributed by atoms with Crippen molar-refractivity contribution in [2.75, 3.05) is 13.2 Å². The van der Waals surface area contributed by atoms with E-state index in [4.69, 9.17) is 10.2 Å². The van der Waals surface area contributed by atoms with E-state index in [0.29, 0.717) is 13.0 Å². The number of aromatic hydroxyl groups is 1. The van der Waals surface area contributed by atoms with Crippen molar-refractivity contribution in [2.45, 2.75) is 19.3 Å². The molecule has 0 saturated carbocycles. The van der Waals surface area contributed by atoms with Gasteiger partial charge in [0, 0.05) is 25.3 Å². The number of amides is 1. The lowest BCUT2D eigenvalue weighted by Crippen LogP contribution is -2.25. The van der Waals surface area contributed by atoms with Gasteiger partial charge in [-0.1, -0.05) is 0 Å². The van der Waals surface area contributed by atoms with Gasteiger partial charge >= 0.3 is 0 Å². The minimum atomic E-state index is -0.518. The molecule has 1 aromatic rings. The van der Waals surface area contributed by atoms with Crippen LogP contribution >= 0.6 is 0 Å². The third-order valence-corrected chi connectivity index (χ3v) is 2.21. The van der Waals surface area contributed by atoms with Gasteiger partial charge in [0.05, 0.1) is 5.56 Å². The Kier molecular flexibility index (Phi) is 5.22. The molecule has 6 nitrogen and oxygen atoms in total. The zero-order valence-corrected chi connectivity index (χ0v) is 9.40. The van der Waals surface area contributed by atoms with Crippen molar-refractivity contribution in [1.82, 2.24) is 10.3 Å². The Morgan fingerprint density at radius 2 is 2.06 bits per heavy atom. The normalized spacial score (nSPS) is 10.2. The minimum Gasteiger partial charge on any atom is -0.494 e. The predicted molar refractivity (Wildman–Crippen MR) is 62.0 cm³/mol. The van der Waals surface area contributed by atoms with Crippen LogP contribution in [-0.4, -0.2) is 34.3 Å². The van der Waals surface area contributed by atoms with Crippen molar-refractivity contribution in [3.63, 3.8) is 0 Å². The third-order valence-electron chi connectivity index (χ3n) is 2.21. The number of carbonyl (C=O) groups is 1. The topological polar surface area (TPSA) is 102 Å². The first kappa shape index (κ1) is 13.2. The summed E-state index contributed by atoms with van der Waals surface area (Å²) >= 11 is 0. The van der Waals surface area contributed by atoms with E-state index in [1.165, 1.54) is 6.07 Å². The third kappa shape index (κ3) is 4.69. The van der Waals surface area contributed by atoms with Crippen molar-refractivity contribution in [3.05, 3.63) is 28.0 Å². The average Bonchev–Trinajstić information content (AvgIpc) is 2.27. The number of aliphatic hydroxyl groups excluding tert-OH is 1. The van der Waals surface area contributed by atoms with Crippen molar-refractivity contribution < 1.29 is 15.0 Å². The Balaban J connectivity index is 2.44. The molecular formula is C11H16N2O4. The highest BCUT2D eigenvalue weighted by Gasteiger charge is 2.06. The molecule has 0 aliphatic rings. The molecular weight excluding hydrogens is 224 g/mol. The zero-order valence-electron chi connectivity index (χ0n) is 9.40. The van der Waals surface area contributed by atoms with Crippen molar-refractivity contribution in [2.24, 2.45) is 0 Å². The Morgan fingerprint density at radius 3 is 2.71 bits per heavy atom. The summed E-state index contributed by atoms with van der Waals surface area (Å²) in [6.45, 7) is 0.627. The van der Waals surface area contributed by atoms with Crippen LogP contribution in [0, 0.1) is 0 Å². The molecule has 0 bridgehead atoms. The van der Waals surface area contributed by atoms with Crippen LogP contribution in [-0.2, 0) is 0 Å². The van der Waals surface area contributed by atoms with Crippen LogP contribution in [0.25, 0.3) is 0 Å². The van der Waals surface area contributed by atoms with E-state index < -0.39 is 11.5 Å². The lowest BCUT2D eigenvalue weighted by atomic mass is 10.2. The number of unbranched alkanes of at least 4 members (excludes halogenated alkanes) is 2. The number of nitrogens with one attached hydrogen (secondary N) is 2. The number of aliphatic hydroxyl groups is 1. The molecule has 0 radical (unpaired) electrons. The average molecular weight is 240 g/mol. The summed E-state index contributed by atoms with van der Waals surface area (Å²) in [6, 6.07) is 2.33. The van der Waals surface area contributed by atoms with Crippen LogP contribution < -0.4 is 10.9 Å². The Bertz CT molecular complexity index is 428. The van der Waals surface area contributed by atoms with E-state index in [1.54, 1.807) is 0 Å². The highest BCUT2D eigenvalue weighted by atomic mass is 16.3. The van der Waals surface area contributed by atoms with Gasteiger partial charge < -0.3 is 15.5 Å². The number of aromatic nitrogens is 1. The van der Waals surface area contributed by atoms with Gasteiger partial charge in [0.1, 0.15) is 0 Å². The number of rotatable bonds is 6. The monoisotopic (exact) mass is 240 g/mol. The molecule has 0 aliphatic carbocycles. The summed E-state index contributed by atoms with van der Waals surface area (Å²) in [4.78, 5) is 24.7. The summed E-state index contributed by atoms with van der Waals surface area (Å²) in [6.07, 6.45) is 2.31. The predicted octanol–water partition coefficient (Wildman–Crippen LogP) is -0.0271. The second kappa shape index (κ2) is 6.70. The molecule has 94 valence electrons. The molecule has 0 unspecified atom stereocenters. The second-order valence-electron chi connectivity index (χ2n) is 3.66. The Hall–Kier alpha value is -1.82. The maximum Gasteiger partial charge on any atom is 0.251 e. The molecule has 17 heavy (non-hydrogen) atoms. The molecule has 1 heterocycles. The molecule has 6 heteroatoms. The van der Waals surface area contributed by atoms with Gasteiger partial charge in [-0.2, -0.15) is 0 Å². The first-order chi connectivity index (χ1) is 8.13. The van der Waals surface area contributed by atoms with Gasteiger partial charge in [-0.3, -0.25) is 14.6 Å². The van der Waals surface area contributed by atoms with Gasteiger partial charge in [0.25, 0.3) is 11.5 Å². The smallest absolute Gasteiger partial charge is 0.251 e. The molecule has 0 aliphatic heterocycles. The van der Waals surface area contributed by atoms with Crippen LogP contribution in [0.3, 0.4) is 0 Å². The molecule has 0 atom stereocenters. The van der Waals surface area contributed by atoms with Crippen molar-refractivity contribution in [3.8, 4) is 5.88 Å². The summed E-state index contributed by atoms with van der Waals surface area (Å²) in [5.74, 6) is -0.724. The largest absolute Gasteiger partial charge is 0.494 e. The van der Waals surface area contributed by atoms with E-state index >= 15 is 0 Å². The summed E-state index contributed by atoms with van der Waals surface area (Å²) < 4.78 is 0. The van der Waals surface area contributed by atoms with Crippen molar-refractivity contribution >= 4 is 5.91 Å². The lowest BCUT2D eigenvalue weighted by molar-refractivity contribution is 0.0952. The number of pyridine rings is 1. The number of hydrogen-bond acceptors (Lipinski definition) is 4. The quantitative estimate of drug-likeness (QED) is 0.524. The second-order valence-corrected chi connectivity index (χ2v) is 3.66. The molecule has 1 rings (SSSR count). The molecule has 1 amide bonds. The van der Waals surface area contributed by atoms with Crippen LogP contribution in [0.1, 0.15) is 29.6 Å². The maximum atomic E-state index is 11.6. The lowest BCUT2D eigenvalue weighted by Gasteiger charge is -2.04. The van der Waals surface area contributed by atoms with E-state index in [2.05, 4.69) is 10.3 Å². The molecule has 0 fully saturated rings. The molecule has 0 aromatic carbocycles. The van der Waals surface area contributed by atoms with Crippen LogP contribution in [0.15, 0.2) is 16.9 Å². The summed E-state index contributed by atoms with van der Waals surface area (Å²) in [7, 11) is 0. The van der Waals surface area contributed by atoms with Gasteiger partial charge in [0.2, 0.25) is 0 Å². The van der Waals surface area contributed by atoms with E-state index in [-0.39, 0.29) is 18.1 Å². The zero-order chi connectivity index (χ0) is 12.7. The van der Waals surface area contributed by atoms with Crippen LogP contribution in [0.5, 0.6) is 5.88 Å². The molecule has 0 spiro atoms. The van der Waals surface area contributed by atoms with Gasteiger partial charge in [-0.25, -0.2) is 0 Å². The molecule has 1 aromatic heterocycles. The van der Waals surface area contributed by atoms with Crippen molar-refractivity contribution in [1.29, 1.82) is 0 Å². The SMILES string of the molecule is O=C(NCCCCCO)c1cc(O)[nH]c(=O)c1. The van der Waals surface area contributed by atoms with Crippen LogP contribution in [0.2, 0.25) is 0 Å². The van der Waals surface area contributed by atoms with Gasteiger partial charge in [-0.05, 0) is 19.3 Å². The fraction of sp³-hybridized carbons (Fsp3) is 0.455. The summed E-state index contributed by atoms with van der Waals surface area (Å²) in [5.41, 5.74) is -0.385. The first-order valence-electron chi connectivity index (χ1n) is 5.46. The number of hydrogen-bond donors (Lipinski definition) is 4. The summed E-state index contributed by atoms with van der Waals surface area (Å²) in [5, 5.41) is 20.3. The van der Waals surface area contributed by atoms with E-state index in [9.17, 15) is 9.59 Å². The fourth-order valence-electron chi connectivity index (χ4n) is 1.38. The van der Waals surface area contributed by atoms with Crippen LogP contribution in [0.4, 0.5) is 0 Å². The highest BCUT2D eigenvalue weighted by Crippen LogP contribution is 2.03. The fourth-order valence-corrected chi connectivity index (χ4v) is 1.38. The van der Waals surface area contributed by atoms with E-state index in [1.807, 2.05) is 0 Å². The molecule has 0 saturated heterocycles. The Labute approximate surface area is 98.3 Å². The van der Waals surface area contributed by atoms with E-state index in [0.717, 1.165) is 18.9 Å². The first-order valence-corrected chi connectivity index (χ1v) is 5.46. The standard InChI is InChI=1S/C11H16N2O4/c14-5-3-1-2-4-12-11(17)8-6-9(15)13-10(16)7-8/h6-7,14H,1-5H2,(H,12,17)(H2,13,15,16). The van der Waals surface area contributed by atoms with Gasteiger partial charge in [0.15, 0.2) is 5.88 Å². The minimum absolute atomic E-state index is 0.133. The van der Waals surface area contributed by atoms with Gasteiger partial charge in [-0.15, -0.1) is 0 Å². The highest BCUT2D eigenvalue weighted by molar-refractivity contribution is 5.94. The number of carbonyl (C=O) groups excluding carboxylic acids is 1. The Morgan fingerprint density at radius 1 is 1.29 bits per heavy atom. The molecule has 4 N–H and O–H groups in total. The number of aromatic amines is 1.